The second kappa shape index (κ2) is 12.6. The first-order valence-corrected chi connectivity index (χ1v) is 9.72. The molecule has 0 fully saturated rings. The third kappa shape index (κ3) is 8.75. The number of guanidine groups is 1. The number of aromatic nitrogens is 1. The van der Waals surface area contributed by atoms with Crippen LogP contribution in [0.15, 0.2) is 28.0 Å². The molecule has 0 saturated carbocycles. The highest BCUT2D eigenvalue weighted by molar-refractivity contribution is 5.79. The molecule has 2 N–H and O–H groups in total. The molecule has 0 aliphatic carbocycles. The summed E-state index contributed by atoms with van der Waals surface area (Å²) in [5.41, 5.74) is 1.11. The molecule has 5 heteroatoms. The van der Waals surface area contributed by atoms with Crippen molar-refractivity contribution in [1.29, 1.82) is 0 Å². The Kier molecular flexibility index (Phi) is 10.7. The van der Waals surface area contributed by atoms with E-state index in [1.807, 2.05) is 30.7 Å². The quantitative estimate of drug-likeness (QED) is 0.366. The highest BCUT2D eigenvalue weighted by atomic mass is 16.1. The maximum atomic E-state index is 11.8. The molecular weight excluding hydrogens is 312 g/mol. The minimum Gasteiger partial charge on any atom is -0.356 e. The first-order valence-electron chi connectivity index (χ1n) is 9.72. The third-order valence-corrected chi connectivity index (χ3v) is 4.47. The van der Waals surface area contributed by atoms with Gasteiger partial charge >= 0.3 is 0 Å². The van der Waals surface area contributed by atoms with E-state index in [0.29, 0.717) is 6.04 Å². The molecule has 25 heavy (non-hydrogen) atoms. The molecular formula is C20H36N4O. The van der Waals surface area contributed by atoms with Crippen molar-refractivity contribution in [2.45, 2.75) is 78.3 Å². The number of unbranched alkanes of at least 4 members (excludes halogenated alkanes) is 4. The van der Waals surface area contributed by atoms with Crippen LogP contribution in [0.2, 0.25) is 0 Å². The van der Waals surface area contributed by atoms with Crippen LogP contribution < -0.4 is 16.2 Å². The van der Waals surface area contributed by atoms with Crippen LogP contribution in [0.5, 0.6) is 0 Å². The number of hydrogen-bond acceptors (Lipinski definition) is 2. The van der Waals surface area contributed by atoms with E-state index < -0.39 is 0 Å². The summed E-state index contributed by atoms with van der Waals surface area (Å²) >= 11 is 0. The molecule has 0 aliphatic rings. The summed E-state index contributed by atoms with van der Waals surface area (Å²) in [6.45, 7) is 8.07. The molecule has 1 atom stereocenters. The van der Waals surface area contributed by atoms with Gasteiger partial charge in [0.25, 0.3) is 5.56 Å². The Morgan fingerprint density at radius 2 is 2.00 bits per heavy atom. The van der Waals surface area contributed by atoms with Crippen molar-refractivity contribution in [3.8, 4) is 0 Å². The second-order valence-corrected chi connectivity index (χ2v) is 6.76. The molecule has 5 nitrogen and oxygen atoms in total. The molecule has 0 amide bonds. The maximum Gasteiger partial charge on any atom is 0.250 e. The van der Waals surface area contributed by atoms with Gasteiger partial charge in [-0.25, -0.2) is 0 Å². The number of aliphatic imine (C=N–C) groups is 1. The van der Waals surface area contributed by atoms with E-state index in [-0.39, 0.29) is 5.56 Å². The van der Waals surface area contributed by atoms with E-state index in [1.165, 1.54) is 32.1 Å². The Morgan fingerprint density at radius 1 is 1.20 bits per heavy atom. The van der Waals surface area contributed by atoms with E-state index in [2.05, 4.69) is 29.5 Å². The zero-order valence-electron chi connectivity index (χ0n) is 16.5. The molecule has 0 saturated heterocycles. The highest BCUT2D eigenvalue weighted by Crippen LogP contribution is 2.05. The predicted molar refractivity (Wildman–Crippen MR) is 107 cm³/mol. The molecule has 0 spiro atoms. The monoisotopic (exact) mass is 348 g/mol. The SMILES string of the molecule is CCCCCCC(C)NC(=NC)NCCCCn1c(C)cccc1=O. The number of pyridine rings is 1. The van der Waals surface area contributed by atoms with Crippen LogP contribution in [-0.2, 0) is 6.54 Å². The average Bonchev–Trinajstić information content (AvgIpc) is 2.59. The van der Waals surface area contributed by atoms with Gasteiger partial charge in [0.15, 0.2) is 5.96 Å². The van der Waals surface area contributed by atoms with Crippen LogP contribution >= 0.6 is 0 Å². The fraction of sp³-hybridized carbons (Fsp3) is 0.700. The number of hydrogen-bond donors (Lipinski definition) is 2. The minimum atomic E-state index is 0.0855. The number of nitrogens with zero attached hydrogens (tertiary/aromatic N) is 2. The highest BCUT2D eigenvalue weighted by Gasteiger charge is 2.05. The van der Waals surface area contributed by atoms with Crippen LogP contribution in [0.3, 0.4) is 0 Å². The Labute approximate surface area is 152 Å². The topological polar surface area (TPSA) is 58.4 Å². The summed E-state index contributed by atoms with van der Waals surface area (Å²) in [6, 6.07) is 5.86. The summed E-state index contributed by atoms with van der Waals surface area (Å²) in [7, 11) is 1.81. The van der Waals surface area contributed by atoms with Gasteiger partial charge < -0.3 is 15.2 Å². The van der Waals surface area contributed by atoms with Crippen LogP contribution in [0.4, 0.5) is 0 Å². The summed E-state index contributed by atoms with van der Waals surface area (Å²) in [5.74, 6) is 0.871. The number of aryl methyl sites for hydroxylation is 1. The lowest BCUT2D eigenvalue weighted by Crippen LogP contribution is -2.42. The van der Waals surface area contributed by atoms with Gasteiger partial charge in [-0.1, -0.05) is 38.7 Å². The summed E-state index contributed by atoms with van der Waals surface area (Å²) < 4.78 is 1.84. The molecule has 1 heterocycles. The van der Waals surface area contributed by atoms with Gasteiger partial charge in [0, 0.05) is 37.9 Å². The Bertz CT molecular complexity index is 565. The van der Waals surface area contributed by atoms with Crippen molar-refractivity contribution in [3.63, 3.8) is 0 Å². The van der Waals surface area contributed by atoms with Crippen molar-refractivity contribution in [2.24, 2.45) is 4.99 Å². The van der Waals surface area contributed by atoms with Crippen molar-refractivity contribution >= 4 is 5.96 Å². The summed E-state index contributed by atoms with van der Waals surface area (Å²) in [5, 5.41) is 6.82. The lowest BCUT2D eigenvalue weighted by atomic mass is 10.1. The van der Waals surface area contributed by atoms with Gasteiger partial charge in [0.2, 0.25) is 0 Å². The predicted octanol–water partition coefficient (Wildman–Crippen LogP) is 3.46. The minimum absolute atomic E-state index is 0.0855. The van der Waals surface area contributed by atoms with Crippen LogP contribution in [0.25, 0.3) is 0 Å². The molecule has 0 aromatic carbocycles. The number of rotatable bonds is 11. The maximum absolute atomic E-state index is 11.8. The van der Waals surface area contributed by atoms with Crippen molar-refractivity contribution < 1.29 is 0 Å². The first-order chi connectivity index (χ1) is 12.1. The fourth-order valence-electron chi connectivity index (χ4n) is 2.89. The van der Waals surface area contributed by atoms with E-state index in [1.54, 1.807) is 6.07 Å². The second-order valence-electron chi connectivity index (χ2n) is 6.76. The zero-order chi connectivity index (χ0) is 18.5. The molecule has 0 aliphatic heterocycles. The molecule has 1 aromatic rings. The van der Waals surface area contributed by atoms with Crippen molar-refractivity contribution in [2.75, 3.05) is 13.6 Å². The van der Waals surface area contributed by atoms with Gasteiger partial charge in [0.1, 0.15) is 0 Å². The molecule has 1 rings (SSSR count). The van der Waals surface area contributed by atoms with E-state index in [0.717, 1.165) is 37.6 Å². The fourth-order valence-corrected chi connectivity index (χ4v) is 2.89. The molecule has 0 bridgehead atoms. The van der Waals surface area contributed by atoms with E-state index in [4.69, 9.17) is 0 Å². The Morgan fingerprint density at radius 3 is 2.68 bits per heavy atom. The molecule has 142 valence electrons. The summed E-state index contributed by atoms with van der Waals surface area (Å²) in [6.07, 6.45) is 8.34. The van der Waals surface area contributed by atoms with Crippen LogP contribution in [0.1, 0.15) is 64.5 Å². The smallest absolute Gasteiger partial charge is 0.250 e. The van der Waals surface area contributed by atoms with Gasteiger partial charge in [-0.15, -0.1) is 0 Å². The largest absolute Gasteiger partial charge is 0.356 e. The average molecular weight is 349 g/mol. The summed E-state index contributed by atoms with van der Waals surface area (Å²) in [4.78, 5) is 16.1. The van der Waals surface area contributed by atoms with Crippen LogP contribution in [0, 0.1) is 6.92 Å². The lowest BCUT2D eigenvalue weighted by Gasteiger charge is -2.18. The van der Waals surface area contributed by atoms with E-state index in [9.17, 15) is 4.79 Å². The molecule has 1 aromatic heterocycles. The lowest BCUT2D eigenvalue weighted by molar-refractivity contribution is 0.533. The Hall–Kier alpha value is -1.78. The number of nitrogens with one attached hydrogen (secondary N) is 2. The van der Waals surface area contributed by atoms with Crippen molar-refractivity contribution in [1.82, 2.24) is 15.2 Å². The van der Waals surface area contributed by atoms with Crippen LogP contribution in [-0.4, -0.2) is 30.2 Å². The normalized spacial score (nSPS) is 12.9. The molecule has 0 radical (unpaired) electrons. The van der Waals surface area contributed by atoms with E-state index >= 15 is 0 Å². The third-order valence-electron chi connectivity index (χ3n) is 4.47. The zero-order valence-corrected chi connectivity index (χ0v) is 16.5. The van der Waals surface area contributed by atoms with Crippen molar-refractivity contribution in [3.05, 3.63) is 34.2 Å². The van der Waals surface area contributed by atoms with Gasteiger partial charge in [0.05, 0.1) is 0 Å². The van der Waals surface area contributed by atoms with Gasteiger partial charge in [-0.3, -0.25) is 9.79 Å². The molecule has 1 unspecified atom stereocenters. The van der Waals surface area contributed by atoms with Gasteiger partial charge in [-0.2, -0.15) is 0 Å². The first kappa shape index (κ1) is 21.3. The Balaban J connectivity index is 2.21. The van der Waals surface area contributed by atoms with Gasteiger partial charge in [-0.05, 0) is 39.2 Å². The standard InChI is InChI=1S/C20H36N4O/c1-5-6-7-8-12-17(2)23-20(21-4)22-15-9-10-16-24-18(3)13-11-14-19(24)25/h11,13-14,17H,5-10,12,15-16H2,1-4H3,(H2,21,22,23).